The van der Waals surface area contributed by atoms with Gasteiger partial charge in [-0.1, -0.05) is 12.1 Å². The molecule has 4 heteroatoms. The number of hydrogen-bond donors (Lipinski definition) is 0. The van der Waals surface area contributed by atoms with Gasteiger partial charge in [0, 0.05) is 25.4 Å². The van der Waals surface area contributed by atoms with E-state index in [1.807, 2.05) is 30.1 Å². The molecule has 0 atom stereocenters. The number of aldehydes is 1. The molecule has 1 heterocycles. The van der Waals surface area contributed by atoms with E-state index < -0.39 is 0 Å². The molecule has 0 aliphatic rings. The van der Waals surface area contributed by atoms with E-state index in [0.29, 0.717) is 17.7 Å². The first-order chi connectivity index (χ1) is 9.22. The van der Waals surface area contributed by atoms with Gasteiger partial charge in [-0.25, -0.2) is 4.98 Å². The summed E-state index contributed by atoms with van der Waals surface area (Å²) in [6.07, 6.45) is 2.32. The Hall–Kier alpha value is -2.67. The number of anilines is 1. The van der Waals surface area contributed by atoms with Crippen molar-refractivity contribution in [1.82, 2.24) is 4.98 Å². The average molecular weight is 251 g/mol. The molecular formula is C15H13N3O. The topological polar surface area (TPSA) is 57.0 Å². The molecule has 0 fully saturated rings. The second-order valence-electron chi connectivity index (χ2n) is 4.24. The van der Waals surface area contributed by atoms with Gasteiger partial charge in [0.1, 0.15) is 5.82 Å². The van der Waals surface area contributed by atoms with Gasteiger partial charge in [0.25, 0.3) is 0 Å². The number of aromatic nitrogens is 1. The van der Waals surface area contributed by atoms with Crippen LogP contribution >= 0.6 is 0 Å². The maximum absolute atomic E-state index is 10.6. The summed E-state index contributed by atoms with van der Waals surface area (Å²) in [6.45, 7) is 0.656. The Labute approximate surface area is 111 Å². The zero-order chi connectivity index (χ0) is 13.7. The van der Waals surface area contributed by atoms with Gasteiger partial charge >= 0.3 is 0 Å². The quantitative estimate of drug-likeness (QED) is 0.783. The molecule has 0 amide bonds. The third-order valence-corrected chi connectivity index (χ3v) is 2.77. The molecule has 1 aromatic heterocycles. The van der Waals surface area contributed by atoms with Gasteiger partial charge in [0.05, 0.1) is 11.6 Å². The summed E-state index contributed by atoms with van der Waals surface area (Å²) in [5.41, 5.74) is 2.25. The van der Waals surface area contributed by atoms with E-state index in [1.165, 1.54) is 0 Å². The lowest BCUT2D eigenvalue weighted by atomic mass is 10.1. The van der Waals surface area contributed by atoms with Crippen molar-refractivity contribution in [2.24, 2.45) is 0 Å². The first-order valence-corrected chi connectivity index (χ1v) is 5.84. The number of carbonyl (C=O) groups is 1. The molecule has 0 aliphatic heterocycles. The third kappa shape index (κ3) is 3.17. The van der Waals surface area contributed by atoms with Crippen molar-refractivity contribution in [3.63, 3.8) is 0 Å². The number of hydrogen-bond acceptors (Lipinski definition) is 4. The molecule has 2 rings (SSSR count). The second kappa shape index (κ2) is 5.78. The monoisotopic (exact) mass is 251 g/mol. The summed E-state index contributed by atoms with van der Waals surface area (Å²) in [6, 6.07) is 13.1. The van der Waals surface area contributed by atoms with Crippen LogP contribution < -0.4 is 4.90 Å². The number of nitriles is 1. The SMILES string of the molecule is CN(Cc1cccc(C#N)c1)c1ccc(C=O)cn1. The third-order valence-electron chi connectivity index (χ3n) is 2.77. The molecule has 0 aliphatic carbocycles. The van der Waals surface area contributed by atoms with Crippen LogP contribution in [-0.2, 0) is 6.54 Å². The highest BCUT2D eigenvalue weighted by molar-refractivity contribution is 5.74. The van der Waals surface area contributed by atoms with Crippen molar-refractivity contribution in [3.05, 3.63) is 59.3 Å². The highest BCUT2D eigenvalue weighted by Crippen LogP contribution is 2.13. The van der Waals surface area contributed by atoms with Crippen LogP contribution in [-0.4, -0.2) is 18.3 Å². The van der Waals surface area contributed by atoms with Gasteiger partial charge in [-0.05, 0) is 29.8 Å². The van der Waals surface area contributed by atoms with Crippen LogP contribution in [0.5, 0.6) is 0 Å². The van der Waals surface area contributed by atoms with Crippen molar-refractivity contribution < 1.29 is 4.79 Å². The molecule has 0 saturated heterocycles. The summed E-state index contributed by atoms with van der Waals surface area (Å²) in [5.74, 6) is 0.785. The fourth-order valence-corrected chi connectivity index (χ4v) is 1.79. The van der Waals surface area contributed by atoms with Gasteiger partial charge in [-0.2, -0.15) is 5.26 Å². The molecule has 0 bridgehead atoms. The summed E-state index contributed by atoms with van der Waals surface area (Å²) in [7, 11) is 1.92. The molecule has 0 saturated carbocycles. The molecule has 4 nitrogen and oxygen atoms in total. The lowest BCUT2D eigenvalue weighted by Crippen LogP contribution is -2.17. The molecule has 0 unspecified atom stereocenters. The average Bonchev–Trinajstić information content (AvgIpc) is 2.47. The van der Waals surface area contributed by atoms with E-state index in [0.717, 1.165) is 17.7 Å². The molecule has 94 valence electrons. The summed E-state index contributed by atoms with van der Waals surface area (Å²) in [4.78, 5) is 16.7. The minimum atomic E-state index is 0.559. The highest BCUT2D eigenvalue weighted by Gasteiger charge is 2.04. The van der Waals surface area contributed by atoms with Crippen LogP contribution in [0.4, 0.5) is 5.82 Å². The number of pyridine rings is 1. The molecule has 0 N–H and O–H groups in total. The number of benzene rings is 1. The predicted molar refractivity (Wildman–Crippen MR) is 72.9 cm³/mol. The van der Waals surface area contributed by atoms with Crippen LogP contribution in [0.1, 0.15) is 21.5 Å². The Morgan fingerprint density at radius 2 is 2.21 bits per heavy atom. The minimum Gasteiger partial charge on any atom is -0.355 e. The van der Waals surface area contributed by atoms with E-state index in [1.54, 1.807) is 24.4 Å². The van der Waals surface area contributed by atoms with E-state index >= 15 is 0 Å². The zero-order valence-corrected chi connectivity index (χ0v) is 10.6. The maximum Gasteiger partial charge on any atom is 0.151 e. The van der Waals surface area contributed by atoms with Crippen molar-refractivity contribution in [3.8, 4) is 6.07 Å². The number of nitrogens with zero attached hydrogens (tertiary/aromatic N) is 3. The van der Waals surface area contributed by atoms with Gasteiger partial charge in [0.15, 0.2) is 6.29 Å². The molecule has 19 heavy (non-hydrogen) atoms. The highest BCUT2D eigenvalue weighted by atomic mass is 16.1. The van der Waals surface area contributed by atoms with Gasteiger partial charge in [-0.15, -0.1) is 0 Å². The van der Waals surface area contributed by atoms with Crippen LogP contribution in [0.25, 0.3) is 0 Å². The Kier molecular flexibility index (Phi) is 3.89. The first-order valence-electron chi connectivity index (χ1n) is 5.84. The Morgan fingerprint density at radius 3 is 2.84 bits per heavy atom. The fraction of sp³-hybridized carbons (Fsp3) is 0.133. The maximum atomic E-state index is 10.6. The largest absolute Gasteiger partial charge is 0.355 e. The van der Waals surface area contributed by atoms with Crippen molar-refractivity contribution in [2.75, 3.05) is 11.9 Å². The second-order valence-corrected chi connectivity index (χ2v) is 4.24. The van der Waals surface area contributed by atoms with Crippen LogP contribution in [0, 0.1) is 11.3 Å². The van der Waals surface area contributed by atoms with Crippen LogP contribution in [0.2, 0.25) is 0 Å². The molecule has 2 aromatic rings. The zero-order valence-electron chi connectivity index (χ0n) is 10.6. The van der Waals surface area contributed by atoms with Gasteiger partial charge < -0.3 is 4.90 Å². The van der Waals surface area contributed by atoms with Crippen LogP contribution in [0.3, 0.4) is 0 Å². The van der Waals surface area contributed by atoms with Crippen molar-refractivity contribution >= 4 is 12.1 Å². The van der Waals surface area contributed by atoms with Crippen LogP contribution in [0.15, 0.2) is 42.6 Å². The minimum absolute atomic E-state index is 0.559. The Morgan fingerprint density at radius 1 is 1.37 bits per heavy atom. The van der Waals surface area contributed by atoms with Gasteiger partial charge in [0.2, 0.25) is 0 Å². The van der Waals surface area contributed by atoms with E-state index in [-0.39, 0.29) is 0 Å². The lowest BCUT2D eigenvalue weighted by Gasteiger charge is -2.18. The fourth-order valence-electron chi connectivity index (χ4n) is 1.79. The molecule has 1 aromatic carbocycles. The van der Waals surface area contributed by atoms with E-state index in [9.17, 15) is 4.79 Å². The molecular weight excluding hydrogens is 238 g/mol. The summed E-state index contributed by atoms with van der Waals surface area (Å²) < 4.78 is 0. The van der Waals surface area contributed by atoms with E-state index in [4.69, 9.17) is 5.26 Å². The van der Waals surface area contributed by atoms with Crippen molar-refractivity contribution in [1.29, 1.82) is 5.26 Å². The van der Waals surface area contributed by atoms with Crippen molar-refractivity contribution in [2.45, 2.75) is 6.54 Å². The standard InChI is InChI=1S/C15H13N3O/c1-18(15-6-5-14(11-19)9-17-15)10-13-4-2-3-12(7-13)8-16/h2-7,9,11H,10H2,1H3. The number of rotatable bonds is 4. The predicted octanol–water partition coefficient (Wildman–Crippen LogP) is 2.40. The first kappa shape index (κ1) is 12.8. The van der Waals surface area contributed by atoms with E-state index in [2.05, 4.69) is 11.1 Å². The molecule has 0 spiro atoms. The molecule has 0 radical (unpaired) electrons. The smallest absolute Gasteiger partial charge is 0.151 e. The lowest BCUT2D eigenvalue weighted by molar-refractivity contribution is 0.112. The summed E-state index contributed by atoms with van der Waals surface area (Å²) in [5, 5.41) is 8.86. The Bertz CT molecular complexity index is 614. The number of carbonyl (C=O) groups excluding carboxylic acids is 1. The Balaban J connectivity index is 2.13. The summed E-state index contributed by atoms with van der Waals surface area (Å²) >= 11 is 0. The normalized spacial score (nSPS) is 9.68. The van der Waals surface area contributed by atoms with Gasteiger partial charge in [-0.3, -0.25) is 4.79 Å².